The molecule has 0 radical (unpaired) electrons. The van der Waals surface area contributed by atoms with Gasteiger partial charge in [0.05, 0.1) is 6.54 Å². The van der Waals surface area contributed by atoms with Gasteiger partial charge in [-0.15, -0.1) is 6.42 Å². The van der Waals surface area contributed by atoms with E-state index in [2.05, 4.69) is 26.5 Å². The van der Waals surface area contributed by atoms with Crippen LogP contribution in [0.1, 0.15) is 11.3 Å². The van der Waals surface area contributed by atoms with Crippen molar-refractivity contribution in [1.29, 1.82) is 0 Å². The van der Waals surface area contributed by atoms with Crippen molar-refractivity contribution >= 4 is 23.3 Å². The van der Waals surface area contributed by atoms with Crippen molar-refractivity contribution in [3.05, 3.63) is 29.6 Å². The summed E-state index contributed by atoms with van der Waals surface area (Å²) in [6.07, 6.45) is 7.70. The largest absolute Gasteiger partial charge is 0.376 e. The molecule has 19 heavy (non-hydrogen) atoms. The molecule has 1 heterocycles. The Morgan fingerprint density at radius 2 is 2.42 bits per heavy atom. The fourth-order valence-corrected chi connectivity index (χ4v) is 1.54. The third kappa shape index (κ3) is 5.84. The van der Waals surface area contributed by atoms with Crippen LogP contribution in [-0.2, 0) is 6.42 Å². The topological polar surface area (TPSA) is 75.3 Å². The van der Waals surface area contributed by atoms with Crippen LogP contribution < -0.4 is 16.4 Å². The number of aryl methyl sites for hydroxylation is 1. The highest BCUT2D eigenvalue weighted by Crippen LogP contribution is 2.03. The van der Waals surface area contributed by atoms with E-state index < -0.39 is 0 Å². The standard InChI is InChI=1S/C13H17N5S/c1-3-7-16-13(18-12(14)19)17-9-6-11-10(2)5-4-8-15-11/h1,4-5,8H,6-7,9H2,2H3,(H4,14,16,17,18,19). The molecule has 0 bridgehead atoms. The third-order valence-electron chi connectivity index (χ3n) is 2.34. The van der Waals surface area contributed by atoms with Crippen molar-refractivity contribution in [2.45, 2.75) is 13.3 Å². The van der Waals surface area contributed by atoms with Gasteiger partial charge in [-0.2, -0.15) is 0 Å². The molecule has 0 unspecified atom stereocenters. The van der Waals surface area contributed by atoms with Crippen LogP contribution in [0.5, 0.6) is 0 Å². The van der Waals surface area contributed by atoms with E-state index in [9.17, 15) is 0 Å². The third-order valence-corrected chi connectivity index (χ3v) is 2.44. The quantitative estimate of drug-likeness (QED) is 0.320. The number of nitrogens with zero attached hydrogens (tertiary/aromatic N) is 2. The van der Waals surface area contributed by atoms with Crippen molar-refractivity contribution < 1.29 is 0 Å². The first kappa shape index (κ1) is 14.9. The molecule has 100 valence electrons. The summed E-state index contributed by atoms with van der Waals surface area (Å²) in [6, 6.07) is 3.94. The molecule has 0 spiro atoms. The van der Waals surface area contributed by atoms with Crippen molar-refractivity contribution in [2.75, 3.05) is 13.1 Å². The second-order valence-corrected chi connectivity index (χ2v) is 4.23. The van der Waals surface area contributed by atoms with Gasteiger partial charge in [-0.25, -0.2) is 0 Å². The summed E-state index contributed by atoms with van der Waals surface area (Å²) >= 11 is 4.77. The van der Waals surface area contributed by atoms with E-state index in [4.69, 9.17) is 24.4 Å². The minimum atomic E-state index is 0.150. The normalized spacial score (nSPS) is 10.6. The summed E-state index contributed by atoms with van der Waals surface area (Å²) in [6.45, 7) is 2.95. The number of aromatic nitrogens is 1. The molecule has 6 heteroatoms. The summed E-state index contributed by atoms with van der Waals surface area (Å²) in [4.78, 5) is 8.63. The maximum atomic E-state index is 5.41. The summed E-state index contributed by atoms with van der Waals surface area (Å²) < 4.78 is 0. The number of thiocarbonyl (C=S) groups is 1. The molecule has 1 aromatic heterocycles. The molecular weight excluding hydrogens is 258 g/mol. The SMILES string of the molecule is C#CCNC(=NCCc1ncccc1C)NC(N)=S. The Kier molecular flexibility index (Phi) is 6.33. The molecule has 0 aliphatic rings. The molecule has 1 aromatic rings. The van der Waals surface area contributed by atoms with E-state index in [0.29, 0.717) is 19.0 Å². The molecular formula is C13H17N5S. The van der Waals surface area contributed by atoms with Gasteiger partial charge in [0, 0.05) is 24.9 Å². The molecule has 1 rings (SSSR count). The van der Waals surface area contributed by atoms with Crippen molar-refractivity contribution in [1.82, 2.24) is 15.6 Å². The lowest BCUT2D eigenvalue weighted by Gasteiger charge is -2.09. The Morgan fingerprint density at radius 1 is 1.63 bits per heavy atom. The van der Waals surface area contributed by atoms with E-state index in [1.807, 2.05) is 19.1 Å². The first-order valence-electron chi connectivity index (χ1n) is 5.82. The Balaban J connectivity index is 2.58. The summed E-state index contributed by atoms with van der Waals surface area (Å²) in [5, 5.41) is 5.81. The summed E-state index contributed by atoms with van der Waals surface area (Å²) in [5.74, 6) is 2.95. The Morgan fingerprint density at radius 3 is 3.05 bits per heavy atom. The number of guanidine groups is 1. The van der Waals surface area contributed by atoms with Gasteiger partial charge in [0.2, 0.25) is 0 Å². The smallest absolute Gasteiger partial charge is 0.198 e. The van der Waals surface area contributed by atoms with Gasteiger partial charge in [-0.05, 0) is 30.8 Å². The van der Waals surface area contributed by atoms with Crippen LogP contribution in [0.15, 0.2) is 23.3 Å². The monoisotopic (exact) mass is 275 g/mol. The maximum absolute atomic E-state index is 5.41. The van der Waals surface area contributed by atoms with Gasteiger partial charge in [0.25, 0.3) is 0 Å². The van der Waals surface area contributed by atoms with Crippen LogP contribution in [0, 0.1) is 19.3 Å². The van der Waals surface area contributed by atoms with Gasteiger partial charge in [-0.1, -0.05) is 12.0 Å². The molecule has 0 aliphatic carbocycles. The average Bonchev–Trinajstić information content (AvgIpc) is 2.37. The van der Waals surface area contributed by atoms with Gasteiger partial charge in [0.1, 0.15) is 0 Å². The molecule has 4 N–H and O–H groups in total. The fourth-order valence-electron chi connectivity index (χ4n) is 1.44. The number of nitrogens with two attached hydrogens (primary N) is 1. The van der Waals surface area contributed by atoms with Crippen molar-refractivity contribution in [2.24, 2.45) is 10.7 Å². The zero-order valence-electron chi connectivity index (χ0n) is 10.8. The van der Waals surface area contributed by atoms with Crippen LogP contribution >= 0.6 is 12.2 Å². The number of terminal acetylenes is 1. The van der Waals surface area contributed by atoms with Crippen molar-refractivity contribution in [3.8, 4) is 12.3 Å². The van der Waals surface area contributed by atoms with Crippen molar-refractivity contribution in [3.63, 3.8) is 0 Å². The highest BCUT2D eigenvalue weighted by molar-refractivity contribution is 7.80. The van der Waals surface area contributed by atoms with Gasteiger partial charge in [-0.3, -0.25) is 9.98 Å². The highest BCUT2D eigenvalue weighted by atomic mass is 32.1. The zero-order valence-corrected chi connectivity index (χ0v) is 11.6. The van der Waals surface area contributed by atoms with E-state index in [-0.39, 0.29) is 5.11 Å². The molecule has 0 saturated carbocycles. The minimum absolute atomic E-state index is 0.150. The summed E-state index contributed by atoms with van der Waals surface area (Å²) in [7, 11) is 0. The van der Waals surface area contributed by atoms with Crippen LogP contribution in [0.2, 0.25) is 0 Å². The van der Waals surface area contributed by atoms with Crippen LogP contribution in [-0.4, -0.2) is 29.1 Å². The Bertz CT molecular complexity index is 504. The number of hydrogen-bond acceptors (Lipinski definition) is 3. The molecule has 0 fully saturated rings. The lowest BCUT2D eigenvalue weighted by Crippen LogP contribution is -2.43. The predicted molar refractivity (Wildman–Crippen MR) is 81.7 cm³/mol. The molecule has 0 atom stereocenters. The van der Waals surface area contributed by atoms with Gasteiger partial charge < -0.3 is 16.4 Å². The maximum Gasteiger partial charge on any atom is 0.198 e. The average molecular weight is 275 g/mol. The first-order valence-corrected chi connectivity index (χ1v) is 6.23. The second kappa shape index (κ2) is 8.06. The fraction of sp³-hybridized carbons (Fsp3) is 0.308. The molecule has 0 aromatic carbocycles. The first-order chi connectivity index (χ1) is 9.13. The lowest BCUT2D eigenvalue weighted by molar-refractivity contribution is 0.885. The van der Waals surface area contributed by atoms with E-state index >= 15 is 0 Å². The molecule has 0 aliphatic heterocycles. The van der Waals surface area contributed by atoms with E-state index in [1.54, 1.807) is 6.20 Å². The van der Waals surface area contributed by atoms with Crippen LogP contribution in [0.25, 0.3) is 0 Å². The number of hydrogen-bond donors (Lipinski definition) is 3. The van der Waals surface area contributed by atoms with Crippen LogP contribution in [0.3, 0.4) is 0 Å². The molecule has 5 nitrogen and oxygen atoms in total. The van der Waals surface area contributed by atoms with Crippen LogP contribution in [0.4, 0.5) is 0 Å². The highest BCUT2D eigenvalue weighted by Gasteiger charge is 2.00. The van der Waals surface area contributed by atoms with Gasteiger partial charge >= 0.3 is 0 Å². The summed E-state index contributed by atoms with van der Waals surface area (Å²) in [5.41, 5.74) is 7.58. The minimum Gasteiger partial charge on any atom is -0.376 e. The Hall–Kier alpha value is -2.13. The molecule has 0 amide bonds. The number of pyridine rings is 1. The molecule has 0 saturated heterocycles. The van der Waals surface area contributed by atoms with Gasteiger partial charge in [0.15, 0.2) is 11.1 Å². The predicted octanol–water partition coefficient (Wildman–Crippen LogP) is 0.345. The zero-order chi connectivity index (χ0) is 14.1. The number of rotatable bonds is 4. The number of aliphatic imine (C=N–C) groups is 1. The lowest BCUT2D eigenvalue weighted by atomic mass is 10.2. The van der Waals surface area contributed by atoms with E-state index in [1.165, 1.54) is 0 Å². The number of nitrogens with one attached hydrogen (secondary N) is 2. The second-order valence-electron chi connectivity index (χ2n) is 3.79. The van der Waals surface area contributed by atoms with E-state index in [0.717, 1.165) is 17.7 Å². The Labute approximate surface area is 118 Å².